The first-order chi connectivity index (χ1) is 21.7. The highest BCUT2D eigenvalue weighted by Gasteiger charge is 2.41. The number of aromatic hydroxyl groups is 1. The normalized spacial score (nSPS) is 23.0. The molecule has 0 aliphatic carbocycles. The maximum atomic E-state index is 14.6. The van der Waals surface area contributed by atoms with E-state index in [9.17, 15) is 19.6 Å². The van der Waals surface area contributed by atoms with Gasteiger partial charge in [-0.3, -0.25) is 9.79 Å². The summed E-state index contributed by atoms with van der Waals surface area (Å²) in [5.74, 6) is -1.63. The number of phenols is 1. The van der Waals surface area contributed by atoms with Gasteiger partial charge in [-0.15, -0.1) is 0 Å². The molecule has 46 heavy (non-hydrogen) atoms. The number of hydrogen-bond donors (Lipinski definition) is 1. The number of hydrogen-bond acceptors (Lipinski definition) is 7. The Morgan fingerprint density at radius 2 is 1.80 bits per heavy atom. The molecule has 1 aromatic carbocycles. The van der Waals surface area contributed by atoms with Crippen molar-refractivity contribution in [3.8, 4) is 23.1 Å². The van der Waals surface area contributed by atoms with Crippen LogP contribution in [0.4, 0.5) is 10.2 Å². The molecule has 1 unspecified atom stereocenters. The molecule has 5 rings (SSSR count). The second-order valence-electron chi connectivity index (χ2n) is 12.1. The molecule has 0 bridgehead atoms. The standard InChI is InChI=1S/C33H33Cl4FN6O2/c1-7-22(45)44-17(5)12-42(13-18(44)6)31-19(11-39)14-43(30-16(4)8-9-40-28(30)15(2)3)33-20(31)10-21(34)29(41-33)23-24(35)26(37)27(38)32(46)25(23)36/h7-10,15-18,30,46H,1,12-14H2,2-6H3/t16-,17-,18+,30?/m1/s1. The SMILES string of the molecule is C=CC(=O)N1[C@H](C)CN(C2=C(C#N)CN(C3C(C(C)C)=NC=C[C@H]3C)c3nc(-c4c(Cl)c(O)c(F)c(Cl)c4Cl)c(Cl)cc32)C[C@@H]1C. The molecule has 3 aliphatic rings. The van der Waals surface area contributed by atoms with Crippen LogP contribution >= 0.6 is 46.4 Å². The van der Waals surface area contributed by atoms with E-state index in [1.54, 1.807) is 17.2 Å². The Balaban J connectivity index is 1.76. The Kier molecular flexibility index (Phi) is 9.68. The lowest BCUT2D eigenvalue weighted by atomic mass is 9.86. The molecule has 0 radical (unpaired) electrons. The lowest BCUT2D eigenvalue weighted by Gasteiger charge is -2.48. The van der Waals surface area contributed by atoms with E-state index in [2.05, 4.69) is 38.3 Å². The molecule has 0 spiro atoms. The van der Waals surface area contributed by atoms with E-state index in [1.165, 1.54) is 6.08 Å². The van der Waals surface area contributed by atoms with Crippen molar-refractivity contribution in [3.05, 3.63) is 68.0 Å². The number of carbonyl (C=O) groups is 1. The molecular weight excluding hydrogens is 673 g/mol. The number of piperazine rings is 1. The molecule has 8 nitrogen and oxygen atoms in total. The van der Waals surface area contributed by atoms with Gasteiger partial charge in [0.25, 0.3) is 0 Å². The van der Waals surface area contributed by atoms with Crippen molar-refractivity contribution < 1.29 is 14.3 Å². The second kappa shape index (κ2) is 13.1. The Morgan fingerprint density at radius 1 is 1.15 bits per heavy atom. The predicted octanol–water partition coefficient (Wildman–Crippen LogP) is 8.00. The van der Waals surface area contributed by atoms with Gasteiger partial charge in [0.1, 0.15) is 5.82 Å². The van der Waals surface area contributed by atoms with E-state index in [1.807, 2.05) is 24.8 Å². The van der Waals surface area contributed by atoms with E-state index in [0.29, 0.717) is 35.7 Å². The number of amides is 1. The Hall–Kier alpha value is -3.29. The molecule has 1 amide bonds. The van der Waals surface area contributed by atoms with Crippen molar-refractivity contribution in [1.82, 2.24) is 14.8 Å². The highest BCUT2D eigenvalue weighted by molar-refractivity contribution is 6.47. The number of rotatable bonds is 5. The van der Waals surface area contributed by atoms with Crippen molar-refractivity contribution >= 4 is 69.5 Å². The van der Waals surface area contributed by atoms with Crippen LogP contribution in [0, 0.1) is 29.0 Å². The Morgan fingerprint density at radius 3 is 2.39 bits per heavy atom. The van der Waals surface area contributed by atoms with Gasteiger partial charge in [-0.1, -0.05) is 79.8 Å². The molecule has 1 saturated heterocycles. The highest BCUT2D eigenvalue weighted by atomic mass is 35.5. The van der Waals surface area contributed by atoms with Gasteiger partial charge in [-0.05, 0) is 31.9 Å². The first-order valence-corrected chi connectivity index (χ1v) is 16.3. The topological polar surface area (TPSA) is 96.1 Å². The van der Waals surface area contributed by atoms with Gasteiger partial charge >= 0.3 is 0 Å². The van der Waals surface area contributed by atoms with Gasteiger partial charge in [-0.2, -0.15) is 5.26 Å². The number of fused-ring (bicyclic) bond motifs is 1. The second-order valence-corrected chi connectivity index (χ2v) is 13.7. The number of aliphatic imine (C=N–C) groups is 1. The van der Waals surface area contributed by atoms with Crippen LogP contribution in [-0.2, 0) is 4.79 Å². The summed E-state index contributed by atoms with van der Waals surface area (Å²) in [6.45, 7) is 14.9. The predicted molar refractivity (Wildman–Crippen MR) is 183 cm³/mol. The Labute approximate surface area is 288 Å². The van der Waals surface area contributed by atoms with E-state index in [4.69, 9.17) is 56.4 Å². The summed E-state index contributed by atoms with van der Waals surface area (Å²) in [6, 6.07) is 3.48. The smallest absolute Gasteiger partial charge is 0.246 e. The maximum Gasteiger partial charge on any atom is 0.246 e. The summed E-state index contributed by atoms with van der Waals surface area (Å²) in [5, 5.41) is 20.0. The molecule has 242 valence electrons. The van der Waals surface area contributed by atoms with Crippen molar-refractivity contribution in [1.29, 1.82) is 5.26 Å². The lowest BCUT2D eigenvalue weighted by Crippen LogP contribution is -2.58. The van der Waals surface area contributed by atoms with E-state index in [-0.39, 0.29) is 68.7 Å². The Bertz CT molecular complexity index is 1730. The summed E-state index contributed by atoms with van der Waals surface area (Å²) in [5.41, 5.74) is 2.72. The molecule has 1 N–H and O–H groups in total. The molecule has 4 atom stereocenters. The monoisotopic (exact) mass is 704 g/mol. The first kappa shape index (κ1) is 34.1. The van der Waals surface area contributed by atoms with Crippen LogP contribution in [0.25, 0.3) is 17.0 Å². The molecule has 1 aromatic heterocycles. The molecular formula is C33H33Cl4FN6O2. The van der Waals surface area contributed by atoms with Crippen molar-refractivity contribution in [2.45, 2.75) is 52.7 Å². The zero-order valence-electron chi connectivity index (χ0n) is 26.0. The molecule has 0 saturated carbocycles. The zero-order valence-corrected chi connectivity index (χ0v) is 29.0. The average molecular weight is 706 g/mol. The number of carbonyl (C=O) groups excluding carboxylic acids is 1. The number of pyridine rings is 1. The third-order valence-electron chi connectivity index (χ3n) is 8.72. The fourth-order valence-electron chi connectivity index (χ4n) is 6.73. The number of nitrogens with zero attached hydrogens (tertiary/aromatic N) is 6. The molecule has 2 aromatic rings. The highest BCUT2D eigenvalue weighted by Crippen LogP contribution is 2.50. The van der Waals surface area contributed by atoms with Crippen LogP contribution in [0.3, 0.4) is 0 Å². The molecule has 3 aliphatic heterocycles. The van der Waals surface area contributed by atoms with Crippen LogP contribution in [0.15, 0.2) is 41.6 Å². The van der Waals surface area contributed by atoms with Crippen LogP contribution in [0.5, 0.6) is 5.75 Å². The maximum absolute atomic E-state index is 14.6. The largest absolute Gasteiger partial charge is 0.504 e. The van der Waals surface area contributed by atoms with Crippen molar-refractivity contribution in [2.75, 3.05) is 24.5 Å². The zero-order chi connectivity index (χ0) is 33.8. The quantitative estimate of drug-likeness (QED) is 0.193. The number of anilines is 1. The summed E-state index contributed by atoms with van der Waals surface area (Å²) in [6.07, 6.45) is 5.11. The van der Waals surface area contributed by atoms with Gasteiger partial charge in [0.2, 0.25) is 5.91 Å². The summed E-state index contributed by atoms with van der Waals surface area (Å²) >= 11 is 26.0. The first-order valence-electron chi connectivity index (χ1n) is 14.8. The van der Waals surface area contributed by atoms with E-state index >= 15 is 0 Å². The van der Waals surface area contributed by atoms with E-state index in [0.717, 1.165) is 5.71 Å². The van der Waals surface area contributed by atoms with Gasteiger partial charge in [0, 0.05) is 54.1 Å². The number of benzene rings is 1. The number of halogens is 5. The fraction of sp³-hybridized carbons (Fsp3) is 0.394. The number of phenolic OH excluding ortho intramolecular Hbond substituents is 1. The fourth-order valence-corrected chi connectivity index (χ4v) is 7.75. The third-order valence-corrected chi connectivity index (χ3v) is 10.2. The van der Waals surface area contributed by atoms with Crippen molar-refractivity contribution in [2.24, 2.45) is 16.8 Å². The van der Waals surface area contributed by atoms with Crippen LogP contribution in [-0.4, -0.2) is 69.3 Å². The van der Waals surface area contributed by atoms with Crippen LogP contribution in [0.1, 0.15) is 40.2 Å². The minimum Gasteiger partial charge on any atom is -0.504 e. The van der Waals surface area contributed by atoms with Gasteiger partial charge in [-0.25, -0.2) is 9.37 Å². The minimum atomic E-state index is -1.15. The lowest BCUT2D eigenvalue weighted by molar-refractivity contribution is -0.132. The summed E-state index contributed by atoms with van der Waals surface area (Å²) < 4.78 is 14.6. The van der Waals surface area contributed by atoms with Gasteiger partial charge in [0.05, 0.1) is 55.7 Å². The molecule has 1 fully saturated rings. The number of aromatic nitrogens is 1. The summed E-state index contributed by atoms with van der Waals surface area (Å²) in [4.78, 5) is 28.3. The summed E-state index contributed by atoms with van der Waals surface area (Å²) in [7, 11) is 0. The average Bonchev–Trinajstić information content (AvgIpc) is 3.01. The minimum absolute atomic E-state index is 0.00448. The number of nitriles is 1. The third kappa shape index (κ3) is 5.64. The van der Waals surface area contributed by atoms with Gasteiger partial charge < -0.3 is 19.8 Å². The molecule has 4 heterocycles. The van der Waals surface area contributed by atoms with Crippen molar-refractivity contribution in [3.63, 3.8) is 0 Å². The van der Waals surface area contributed by atoms with E-state index < -0.39 is 16.6 Å². The van der Waals surface area contributed by atoms with Gasteiger partial charge in [0.15, 0.2) is 11.6 Å². The molecule has 13 heteroatoms. The van der Waals surface area contributed by atoms with Crippen LogP contribution in [0.2, 0.25) is 20.1 Å². The van der Waals surface area contributed by atoms with Crippen LogP contribution < -0.4 is 4.90 Å².